The Bertz CT molecular complexity index is 1020. The fraction of sp³-hybridized carbons (Fsp3) is 0.333. The molecule has 0 aromatic heterocycles. The molecule has 0 radical (unpaired) electrons. The number of fused-ring (bicyclic) bond motifs is 1. The van der Waals surface area contributed by atoms with Crippen molar-refractivity contribution in [2.45, 2.75) is 57.8 Å². The lowest BCUT2D eigenvalue weighted by Crippen LogP contribution is -2.17. The van der Waals surface area contributed by atoms with Crippen LogP contribution in [0.4, 0.5) is 0 Å². The zero-order valence-electron chi connectivity index (χ0n) is 17.7. The van der Waals surface area contributed by atoms with Gasteiger partial charge in [-0.1, -0.05) is 67.4 Å². The summed E-state index contributed by atoms with van der Waals surface area (Å²) in [6.07, 6.45) is 7.11. The molecule has 3 heteroatoms. The summed E-state index contributed by atoms with van der Waals surface area (Å²) in [5.74, 6) is 1.46. The molecular weight excluding hydrogens is 411 g/mol. The summed E-state index contributed by atoms with van der Waals surface area (Å²) >= 11 is 12.2. The fourth-order valence-electron chi connectivity index (χ4n) is 4.36. The minimum Gasteiger partial charge on any atom is -0.457 e. The number of hydrogen-bond acceptors (Lipinski definition) is 1. The number of ether oxygens (including phenoxy) is 1. The van der Waals surface area contributed by atoms with Crippen LogP contribution in [0.2, 0.25) is 10.0 Å². The van der Waals surface area contributed by atoms with E-state index < -0.39 is 0 Å². The van der Waals surface area contributed by atoms with E-state index in [9.17, 15) is 0 Å². The first kappa shape index (κ1) is 21.3. The maximum atomic E-state index is 6.08. The number of rotatable bonds is 7. The van der Waals surface area contributed by atoms with Crippen molar-refractivity contribution in [1.29, 1.82) is 0 Å². The monoisotopic (exact) mass is 438 g/mol. The predicted octanol–water partition coefficient (Wildman–Crippen LogP) is 8.57. The molecule has 1 nitrogen and oxygen atoms in total. The molecule has 3 aromatic rings. The topological polar surface area (TPSA) is 9.23 Å². The van der Waals surface area contributed by atoms with Gasteiger partial charge in [0.05, 0.1) is 0 Å². The molecule has 0 bridgehead atoms. The molecule has 0 saturated heterocycles. The summed E-state index contributed by atoms with van der Waals surface area (Å²) in [7, 11) is 0. The van der Waals surface area contributed by atoms with E-state index in [0.717, 1.165) is 25.0 Å². The van der Waals surface area contributed by atoms with Crippen LogP contribution >= 0.6 is 23.2 Å². The highest BCUT2D eigenvalue weighted by atomic mass is 35.5. The Hall–Kier alpha value is -1.96. The van der Waals surface area contributed by atoms with Gasteiger partial charge in [0.1, 0.15) is 11.5 Å². The van der Waals surface area contributed by atoms with Crippen LogP contribution in [0, 0.1) is 0 Å². The fourth-order valence-corrected chi connectivity index (χ4v) is 4.87. The van der Waals surface area contributed by atoms with Crippen molar-refractivity contribution >= 4 is 23.2 Å². The van der Waals surface area contributed by atoms with Crippen molar-refractivity contribution in [2.24, 2.45) is 0 Å². The van der Waals surface area contributed by atoms with E-state index in [1.54, 1.807) is 29.3 Å². The van der Waals surface area contributed by atoms with Crippen molar-refractivity contribution in [3.63, 3.8) is 0 Å². The molecule has 1 aliphatic carbocycles. The van der Waals surface area contributed by atoms with E-state index in [-0.39, 0.29) is 5.41 Å². The standard InChI is InChI=1S/C27H28Cl2O/c1-27(2,22-12-11-20-8-4-9-21(20)15-22)13-5-7-19-6-3-10-25(14-19)30-26-17-23(28)16-24(29)18-26/h3,6,10-12,14-18H,4-5,7-9,13H2,1-2H3. The van der Waals surface area contributed by atoms with Gasteiger partial charge in [0, 0.05) is 10.0 Å². The van der Waals surface area contributed by atoms with Crippen LogP contribution in [-0.2, 0) is 24.7 Å². The van der Waals surface area contributed by atoms with Crippen LogP contribution < -0.4 is 4.74 Å². The van der Waals surface area contributed by atoms with Crippen molar-refractivity contribution in [1.82, 2.24) is 0 Å². The molecule has 0 heterocycles. The third kappa shape index (κ3) is 5.20. The van der Waals surface area contributed by atoms with E-state index in [1.807, 2.05) is 12.1 Å². The third-order valence-electron chi connectivity index (χ3n) is 6.12. The molecule has 3 aromatic carbocycles. The largest absolute Gasteiger partial charge is 0.457 e. The van der Waals surface area contributed by atoms with Crippen molar-refractivity contribution in [2.75, 3.05) is 0 Å². The molecule has 4 rings (SSSR count). The molecule has 0 atom stereocenters. The van der Waals surface area contributed by atoms with Gasteiger partial charge in [-0.3, -0.25) is 0 Å². The van der Waals surface area contributed by atoms with Gasteiger partial charge in [-0.2, -0.15) is 0 Å². The van der Waals surface area contributed by atoms with Gasteiger partial charge in [-0.25, -0.2) is 0 Å². The van der Waals surface area contributed by atoms with Gasteiger partial charge in [0.25, 0.3) is 0 Å². The Morgan fingerprint density at radius 3 is 2.40 bits per heavy atom. The third-order valence-corrected chi connectivity index (χ3v) is 6.55. The Balaban J connectivity index is 1.37. The average molecular weight is 439 g/mol. The summed E-state index contributed by atoms with van der Waals surface area (Å²) in [5, 5.41) is 1.14. The molecule has 30 heavy (non-hydrogen) atoms. The normalized spacial score (nSPS) is 13.3. The van der Waals surface area contributed by atoms with Gasteiger partial charge < -0.3 is 4.74 Å². The molecule has 156 valence electrons. The van der Waals surface area contributed by atoms with Crippen molar-refractivity contribution in [3.05, 3.63) is 93.0 Å². The van der Waals surface area contributed by atoms with Gasteiger partial charge in [0.2, 0.25) is 0 Å². The SMILES string of the molecule is CC(C)(CCCc1cccc(Oc2cc(Cl)cc(Cl)c2)c1)c1ccc2c(c1)CCC2. The van der Waals surface area contributed by atoms with Crippen LogP contribution in [-0.4, -0.2) is 0 Å². The summed E-state index contributed by atoms with van der Waals surface area (Å²) in [4.78, 5) is 0. The van der Waals surface area contributed by atoms with Crippen LogP contribution in [0.15, 0.2) is 60.7 Å². The Morgan fingerprint density at radius 2 is 1.60 bits per heavy atom. The van der Waals surface area contributed by atoms with E-state index >= 15 is 0 Å². The quantitative estimate of drug-likeness (QED) is 0.358. The predicted molar refractivity (Wildman–Crippen MR) is 127 cm³/mol. The molecule has 0 aliphatic heterocycles. The molecule has 0 saturated carbocycles. The molecule has 0 N–H and O–H groups in total. The molecule has 0 amide bonds. The van der Waals surface area contributed by atoms with Gasteiger partial charge >= 0.3 is 0 Å². The molecule has 0 spiro atoms. The average Bonchev–Trinajstić information content (AvgIpc) is 3.15. The van der Waals surface area contributed by atoms with Crippen LogP contribution in [0.25, 0.3) is 0 Å². The van der Waals surface area contributed by atoms with Gasteiger partial charge in [-0.15, -0.1) is 0 Å². The summed E-state index contributed by atoms with van der Waals surface area (Å²) in [6, 6.07) is 20.7. The van der Waals surface area contributed by atoms with Crippen LogP contribution in [0.3, 0.4) is 0 Å². The van der Waals surface area contributed by atoms with Gasteiger partial charge in [-0.05, 0) is 96.5 Å². The van der Waals surface area contributed by atoms with Crippen LogP contribution in [0.5, 0.6) is 11.5 Å². The number of halogens is 2. The van der Waals surface area contributed by atoms with Crippen molar-refractivity contribution < 1.29 is 4.74 Å². The highest BCUT2D eigenvalue weighted by molar-refractivity contribution is 6.34. The zero-order valence-corrected chi connectivity index (χ0v) is 19.2. The van der Waals surface area contributed by atoms with E-state index in [0.29, 0.717) is 15.8 Å². The Kier molecular flexibility index (Phi) is 6.41. The van der Waals surface area contributed by atoms with Crippen molar-refractivity contribution in [3.8, 4) is 11.5 Å². The second-order valence-corrected chi connectivity index (χ2v) is 9.80. The second-order valence-electron chi connectivity index (χ2n) is 8.93. The van der Waals surface area contributed by atoms with E-state index in [4.69, 9.17) is 27.9 Å². The lowest BCUT2D eigenvalue weighted by atomic mass is 9.79. The minimum absolute atomic E-state index is 0.184. The van der Waals surface area contributed by atoms with Gasteiger partial charge in [0.15, 0.2) is 0 Å². The first-order valence-corrected chi connectivity index (χ1v) is 11.5. The van der Waals surface area contributed by atoms with Crippen LogP contribution in [0.1, 0.15) is 55.4 Å². The molecular formula is C27H28Cl2O. The number of benzene rings is 3. The molecule has 0 fully saturated rings. The second kappa shape index (κ2) is 9.04. The lowest BCUT2D eigenvalue weighted by molar-refractivity contribution is 0.459. The zero-order chi connectivity index (χ0) is 21.1. The molecule has 1 aliphatic rings. The molecule has 0 unspecified atom stereocenters. The number of aryl methyl sites for hydroxylation is 3. The number of hydrogen-bond donors (Lipinski definition) is 0. The first-order chi connectivity index (χ1) is 14.4. The Labute approximate surface area is 190 Å². The van der Waals surface area contributed by atoms with E-state index in [2.05, 4.69) is 44.2 Å². The summed E-state index contributed by atoms with van der Waals surface area (Å²) in [5.41, 5.74) is 6.05. The van der Waals surface area contributed by atoms with E-state index in [1.165, 1.54) is 30.4 Å². The maximum Gasteiger partial charge on any atom is 0.130 e. The smallest absolute Gasteiger partial charge is 0.130 e. The minimum atomic E-state index is 0.184. The Morgan fingerprint density at radius 1 is 0.833 bits per heavy atom. The summed E-state index contributed by atoms with van der Waals surface area (Å²) in [6.45, 7) is 4.73. The highest BCUT2D eigenvalue weighted by Crippen LogP contribution is 2.33. The highest BCUT2D eigenvalue weighted by Gasteiger charge is 2.22. The summed E-state index contributed by atoms with van der Waals surface area (Å²) < 4.78 is 5.97. The maximum absolute atomic E-state index is 6.08. The lowest BCUT2D eigenvalue weighted by Gasteiger charge is -2.26. The first-order valence-electron chi connectivity index (χ1n) is 10.7.